The second-order valence-corrected chi connectivity index (χ2v) is 14.7. The van der Waals surface area contributed by atoms with Crippen molar-refractivity contribution in [2.45, 2.75) is 0 Å². The highest BCUT2D eigenvalue weighted by atomic mass is 32.1. The second-order valence-electron chi connectivity index (χ2n) is 13.7. The zero-order valence-corrected chi connectivity index (χ0v) is 28.7. The molecule has 0 bridgehead atoms. The van der Waals surface area contributed by atoms with Gasteiger partial charge in [-0.15, -0.1) is 11.3 Å². The molecule has 0 aliphatic carbocycles. The van der Waals surface area contributed by atoms with Crippen LogP contribution in [0.15, 0.2) is 170 Å². The van der Waals surface area contributed by atoms with Crippen LogP contribution in [0.25, 0.3) is 97.4 Å². The average Bonchev–Trinajstić information content (AvgIpc) is 3.87. The molecule has 3 nitrogen and oxygen atoms in total. The van der Waals surface area contributed by atoms with E-state index in [4.69, 9.17) is 4.74 Å². The van der Waals surface area contributed by atoms with E-state index >= 15 is 0 Å². The number of nitrogens with zero attached hydrogens (tertiary/aromatic N) is 2. The summed E-state index contributed by atoms with van der Waals surface area (Å²) in [6.45, 7) is 0. The average molecular weight is 681 g/mol. The quantitative estimate of drug-likeness (QED) is 0.182. The molecule has 0 radical (unpaired) electrons. The molecular formula is C48H28N2OS. The molecule has 12 rings (SSSR count). The number of para-hydroxylation sites is 4. The van der Waals surface area contributed by atoms with Crippen LogP contribution in [0.3, 0.4) is 0 Å². The molecule has 0 unspecified atom stereocenters. The van der Waals surface area contributed by atoms with Crippen molar-refractivity contribution < 1.29 is 4.74 Å². The van der Waals surface area contributed by atoms with Gasteiger partial charge in [-0.25, -0.2) is 0 Å². The number of hydrogen-bond acceptors (Lipinski definition) is 2. The van der Waals surface area contributed by atoms with E-state index < -0.39 is 0 Å². The van der Waals surface area contributed by atoms with E-state index in [9.17, 15) is 0 Å². The SMILES string of the molecule is c1ccc2c(c1)Oc1ccc(-c3ccc(-n4c5ccccc5c5cc(-c6cccc7c6sc6ccccc67)ccc54)cc3)c3c4ccccc4n-2c13. The van der Waals surface area contributed by atoms with Crippen LogP contribution in [0.2, 0.25) is 0 Å². The number of fused-ring (bicyclic) bond motifs is 11. The molecule has 0 saturated carbocycles. The summed E-state index contributed by atoms with van der Waals surface area (Å²) in [5.41, 5.74) is 11.8. The van der Waals surface area contributed by atoms with Crippen molar-refractivity contribution in [1.29, 1.82) is 0 Å². The van der Waals surface area contributed by atoms with Crippen molar-refractivity contribution in [1.82, 2.24) is 9.13 Å². The maximum absolute atomic E-state index is 6.47. The lowest BCUT2D eigenvalue weighted by Gasteiger charge is -2.21. The predicted octanol–water partition coefficient (Wildman–Crippen LogP) is 13.7. The summed E-state index contributed by atoms with van der Waals surface area (Å²) in [4.78, 5) is 0. The van der Waals surface area contributed by atoms with Crippen LogP contribution in [0.5, 0.6) is 11.5 Å². The monoisotopic (exact) mass is 680 g/mol. The van der Waals surface area contributed by atoms with E-state index in [1.165, 1.54) is 80.5 Å². The van der Waals surface area contributed by atoms with Gasteiger partial charge in [0, 0.05) is 47.4 Å². The van der Waals surface area contributed by atoms with E-state index in [0.717, 1.165) is 28.4 Å². The van der Waals surface area contributed by atoms with Crippen LogP contribution in [-0.2, 0) is 0 Å². The number of thiophene rings is 1. The smallest absolute Gasteiger partial charge is 0.152 e. The molecule has 4 heteroatoms. The van der Waals surface area contributed by atoms with Crippen molar-refractivity contribution >= 4 is 75.1 Å². The van der Waals surface area contributed by atoms with Gasteiger partial charge in [0.2, 0.25) is 0 Å². The van der Waals surface area contributed by atoms with E-state index in [0.29, 0.717) is 0 Å². The first-order chi connectivity index (χ1) is 25.8. The van der Waals surface area contributed by atoms with Crippen molar-refractivity contribution in [2.75, 3.05) is 0 Å². The fourth-order valence-electron chi connectivity index (χ4n) is 8.67. The van der Waals surface area contributed by atoms with Crippen molar-refractivity contribution in [2.24, 2.45) is 0 Å². The van der Waals surface area contributed by atoms with Gasteiger partial charge >= 0.3 is 0 Å². The zero-order chi connectivity index (χ0) is 33.9. The van der Waals surface area contributed by atoms with Crippen LogP contribution < -0.4 is 4.74 Å². The first kappa shape index (κ1) is 28.1. The lowest BCUT2D eigenvalue weighted by molar-refractivity contribution is 0.476. The second kappa shape index (κ2) is 10.5. The van der Waals surface area contributed by atoms with Gasteiger partial charge in [-0.1, -0.05) is 103 Å². The van der Waals surface area contributed by atoms with Gasteiger partial charge in [-0.2, -0.15) is 0 Å². The third-order valence-electron chi connectivity index (χ3n) is 10.9. The fraction of sp³-hybridized carbons (Fsp3) is 0. The molecule has 0 fully saturated rings. The Morgan fingerprint density at radius 3 is 2.00 bits per heavy atom. The molecule has 4 heterocycles. The Morgan fingerprint density at radius 2 is 1.12 bits per heavy atom. The van der Waals surface area contributed by atoms with Gasteiger partial charge in [0.25, 0.3) is 0 Å². The van der Waals surface area contributed by atoms with E-state index in [2.05, 4.69) is 167 Å². The number of rotatable bonds is 3. The molecule has 242 valence electrons. The van der Waals surface area contributed by atoms with E-state index in [1.807, 2.05) is 23.5 Å². The van der Waals surface area contributed by atoms with Gasteiger partial charge in [-0.3, -0.25) is 0 Å². The molecular weight excluding hydrogens is 653 g/mol. The Hall–Kier alpha value is -6.62. The minimum atomic E-state index is 0.880. The predicted molar refractivity (Wildman–Crippen MR) is 219 cm³/mol. The highest BCUT2D eigenvalue weighted by Gasteiger charge is 2.25. The van der Waals surface area contributed by atoms with Crippen molar-refractivity contribution in [3.63, 3.8) is 0 Å². The molecule has 0 atom stereocenters. The Kier molecular flexibility index (Phi) is 5.65. The summed E-state index contributed by atoms with van der Waals surface area (Å²) >= 11 is 1.88. The molecule has 0 spiro atoms. The Morgan fingerprint density at radius 1 is 0.423 bits per heavy atom. The summed E-state index contributed by atoms with van der Waals surface area (Å²) in [5.74, 6) is 1.77. The molecule has 52 heavy (non-hydrogen) atoms. The van der Waals surface area contributed by atoms with Crippen LogP contribution in [0, 0.1) is 0 Å². The molecule has 3 aromatic heterocycles. The van der Waals surface area contributed by atoms with E-state index in [-0.39, 0.29) is 0 Å². The number of ether oxygens (including phenoxy) is 1. The largest absolute Gasteiger partial charge is 0.453 e. The van der Waals surface area contributed by atoms with Crippen molar-refractivity contribution in [3.05, 3.63) is 170 Å². The first-order valence-corrected chi connectivity index (χ1v) is 18.5. The lowest BCUT2D eigenvalue weighted by atomic mass is 9.98. The highest BCUT2D eigenvalue weighted by Crippen LogP contribution is 2.48. The van der Waals surface area contributed by atoms with Gasteiger partial charge < -0.3 is 13.9 Å². The van der Waals surface area contributed by atoms with Gasteiger partial charge in [-0.05, 0) is 89.0 Å². The fourth-order valence-corrected chi connectivity index (χ4v) is 9.91. The summed E-state index contributed by atoms with van der Waals surface area (Å²) in [6, 6.07) is 61.7. The topological polar surface area (TPSA) is 19.1 Å². The van der Waals surface area contributed by atoms with Crippen LogP contribution in [0.1, 0.15) is 0 Å². The maximum atomic E-state index is 6.47. The van der Waals surface area contributed by atoms with Crippen LogP contribution in [0.4, 0.5) is 0 Å². The summed E-state index contributed by atoms with van der Waals surface area (Å²) < 4.78 is 13.9. The molecule has 0 amide bonds. The minimum absolute atomic E-state index is 0.880. The highest BCUT2D eigenvalue weighted by molar-refractivity contribution is 7.26. The van der Waals surface area contributed by atoms with Gasteiger partial charge in [0.05, 0.1) is 27.8 Å². The number of aromatic nitrogens is 2. The molecule has 1 aliphatic heterocycles. The lowest BCUT2D eigenvalue weighted by Crippen LogP contribution is -2.03. The van der Waals surface area contributed by atoms with Crippen LogP contribution in [-0.4, -0.2) is 9.13 Å². The number of hydrogen-bond donors (Lipinski definition) is 0. The minimum Gasteiger partial charge on any atom is -0.453 e. The number of benzene rings is 8. The molecule has 11 aromatic rings. The summed E-state index contributed by atoms with van der Waals surface area (Å²) in [6.07, 6.45) is 0. The Balaban J connectivity index is 1.02. The standard InChI is InChI=1S/C48H28N2OS/c1-4-15-39-34(10-1)38-28-30(33-13-9-14-36-35-11-3-8-19-45(35)52-48(33)36)22-26-41(38)49(39)31-23-20-29(21-24-31)32-25-27-44-47-46(32)37-12-2-5-16-40(37)50(47)42-17-6-7-18-43(42)51-44/h1-28H. The van der Waals surface area contributed by atoms with Gasteiger partial charge in [0.15, 0.2) is 11.5 Å². The Labute approximate surface area is 302 Å². The zero-order valence-electron chi connectivity index (χ0n) is 27.9. The molecule has 8 aromatic carbocycles. The molecule has 0 N–H and O–H groups in total. The first-order valence-electron chi connectivity index (χ1n) is 17.7. The Bertz CT molecular complexity index is 3270. The molecule has 1 aliphatic rings. The maximum Gasteiger partial charge on any atom is 0.152 e. The van der Waals surface area contributed by atoms with E-state index in [1.54, 1.807) is 0 Å². The normalized spacial score (nSPS) is 12.4. The van der Waals surface area contributed by atoms with Crippen molar-refractivity contribution in [3.8, 4) is 45.1 Å². The summed E-state index contributed by atoms with van der Waals surface area (Å²) in [7, 11) is 0. The third kappa shape index (κ3) is 3.79. The van der Waals surface area contributed by atoms with Gasteiger partial charge in [0.1, 0.15) is 0 Å². The third-order valence-corrected chi connectivity index (χ3v) is 12.1. The molecule has 0 saturated heterocycles. The summed E-state index contributed by atoms with van der Waals surface area (Å²) in [5, 5.41) is 7.61. The van der Waals surface area contributed by atoms with Crippen LogP contribution >= 0.6 is 11.3 Å².